The van der Waals surface area contributed by atoms with E-state index >= 15 is 0 Å². The van der Waals surface area contributed by atoms with Crippen LogP contribution in [0.25, 0.3) is 22.2 Å². The summed E-state index contributed by atoms with van der Waals surface area (Å²) in [6.45, 7) is 12.8. The van der Waals surface area contributed by atoms with E-state index in [1.165, 1.54) is 0 Å². The fourth-order valence-electron chi connectivity index (χ4n) is 3.55. The molecule has 1 unspecified atom stereocenters. The Morgan fingerprint density at radius 3 is 2.15 bits per heavy atom. The minimum absolute atomic E-state index is 0.167. The molecular formula is C25H28Cl2N2O2S2. The van der Waals surface area contributed by atoms with Crippen molar-refractivity contribution in [1.82, 2.24) is 9.97 Å². The van der Waals surface area contributed by atoms with Crippen molar-refractivity contribution in [2.45, 2.75) is 80.3 Å². The molecule has 0 aliphatic rings. The molecule has 4 aromatic rings. The second-order valence-electron chi connectivity index (χ2n) is 10.1. The highest BCUT2D eigenvalue weighted by Crippen LogP contribution is 2.41. The van der Waals surface area contributed by atoms with Crippen LogP contribution >= 0.6 is 47.6 Å². The van der Waals surface area contributed by atoms with Gasteiger partial charge in [0.2, 0.25) is 11.8 Å². The molecule has 0 saturated carbocycles. The number of hydrogen-bond acceptors (Lipinski definition) is 6. The molecule has 33 heavy (non-hydrogen) atoms. The molecule has 0 aliphatic heterocycles. The number of fused-ring (bicyclic) bond motifs is 2. The first kappa shape index (κ1) is 24.8. The Labute approximate surface area is 214 Å². The summed E-state index contributed by atoms with van der Waals surface area (Å²) in [6.07, 6.45) is 1.83. The van der Waals surface area contributed by atoms with Crippen molar-refractivity contribution in [3.8, 4) is 0 Å². The van der Waals surface area contributed by atoms with Gasteiger partial charge in [-0.15, -0.1) is 24.4 Å². The Hall–Kier alpha value is -1.34. The second-order valence-corrected chi connectivity index (χ2v) is 12.8. The predicted molar refractivity (Wildman–Crippen MR) is 142 cm³/mol. The van der Waals surface area contributed by atoms with Crippen LogP contribution in [0, 0.1) is 0 Å². The van der Waals surface area contributed by atoms with Crippen molar-refractivity contribution in [2.24, 2.45) is 0 Å². The van der Waals surface area contributed by atoms with E-state index in [-0.39, 0.29) is 10.8 Å². The maximum absolute atomic E-state index is 6.58. The number of thiol groups is 1. The summed E-state index contributed by atoms with van der Waals surface area (Å²) in [5.41, 5.74) is 2.60. The second kappa shape index (κ2) is 9.03. The van der Waals surface area contributed by atoms with Crippen LogP contribution in [0.15, 0.2) is 42.9 Å². The average molecular weight is 524 g/mol. The monoisotopic (exact) mass is 522 g/mol. The number of rotatable bonds is 6. The van der Waals surface area contributed by atoms with Gasteiger partial charge in [0.1, 0.15) is 11.0 Å². The number of halogens is 2. The van der Waals surface area contributed by atoms with E-state index in [0.717, 1.165) is 40.2 Å². The van der Waals surface area contributed by atoms with Crippen LogP contribution in [0.2, 0.25) is 10.0 Å². The summed E-state index contributed by atoms with van der Waals surface area (Å²) < 4.78 is 12.2. The molecule has 4 nitrogen and oxygen atoms in total. The summed E-state index contributed by atoms with van der Waals surface area (Å²) in [4.78, 5) is 10.9. The van der Waals surface area contributed by atoms with Gasteiger partial charge in [-0.1, -0.05) is 64.7 Å². The van der Waals surface area contributed by atoms with E-state index in [9.17, 15) is 0 Å². The largest absolute Gasteiger partial charge is 0.439 e. The van der Waals surface area contributed by atoms with Crippen molar-refractivity contribution in [1.29, 1.82) is 0 Å². The van der Waals surface area contributed by atoms with Gasteiger partial charge in [0.05, 0.1) is 19.8 Å². The third kappa shape index (κ3) is 5.04. The summed E-state index contributed by atoms with van der Waals surface area (Å²) in [5, 5.41) is 1.55. The van der Waals surface area contributed by atoms with Gasteiger partial charge in [-0.25, -0.2) is 9.97 Å². The van der Waals surface area contributed by atoms with E-state index in [1.807, 2.05) is 18.2 Å². The van der Waals surface area contributed by atoms with Crippen LogP contribution in [0.1, 0.15) is 66.2 Å². The molecule has 0 amide bonds. The van der Waals surface area contributed by atoms with Gasteiger partial charge in [0.15, 0.2) is 11.2 Å². The van der Waals surface area contributed by atoms with Gasteiger partial charge >= 0.3 is 0 Å². The van der Waals surface area contributed by atoms with Crippen molar-refractivity contribution in [2.75, 3.05) is 0 Å². The standard InChI is InChI=1S/C25H28Cl2N2O2S2/c1-13(33-21-15(27)8-10-17-19(21)31-22(28-17)24(2,3)4)11-12-25(5,6)23-29-16-9-7-14(26)20(32)18(16)30-23/h7-10,13,32H,11-12H2,1-6H3. The molecule has 2 aromatic heterocycles. The molecule has 176 valence electrons. The SMILES string of the molecule is CC(CCC(C)(C)c1nc2ccc(Cl)c(S)c2o1)Sc1c(Cl)ccc2nc(C(C)(C)C)oc12. The number of oxazole rings is 2. The van der Waals surface area contributed by atoms with Crippen LogP contribution in [-0.4, -0.2) is 15.2 Å². The lowest BCUT2D eigenvalue weighted by Gasteiger charge is -2.22. The Bertz CT molecular complexity index is 1320. The van der Waals surface area contributed by atoms with Gasteiger partial charge in [-0.3, -0.25) is 0 Å². The first-order chi connectivity index (χ1) is 15.4. The van der Waals surface area contributed by atoms with Gasteiger partial charge in [-0.05, 0) is 37.1 Å². The van der Waals surface area contributed by atoms with Crippen LogP contribution in [-0.2, 0) is 10.8 Å². The molecule has 0 N–H and O–H groups in total. The Balaban J connectivity index is 1.52. The van der Waals surface area contributed by atoms with Crippen molar-refractivity contribution < 1.29 is 8.83 Å². The summed E-state index contributed by atoms with van der Waals surface area (Å²) >= 11 is 19.0. The molecule has 2 aromatic carbocycles. The molecule has 4 rings (SSSR count). The normalized spacial score (nSPS) is 13.8. The molecule has 0 aliphatic carbocycles. The molecule has 0 fully saturated rings. The molecule has 0 bridgehead atoms. The molecule has 8 heteroatoms. The zero-order valence-corrected chi connectivity index (χ0v) is 22.8. The van der Waals surface area contributed by atoms with E-state index in [1.54, 1.807) is 17.8 Å². The Morgan fingerprint density at radius 2 is 1.48 bits per heavy atom. The summed E-state index contributed by atoms with van der Waals surface area (Å²) in [6, 6.07) is 7.48. The molecule has 0 spiro atoms. The van der Waals surface area contributed by atoms with Gasteiger partial charge in [-0.2, -0.15) is 0 Å². The minimum atomic E-state index is -0.248. The molecular weight excluding hydrogens is 495 g/mol. The molecule has 0 radical (unpaired) electrons. The zero-order valence-electron chi connectivity index (χ0n) is 19.6. The third-order valence-corrected chi connectivity index (χ3v) is 8.26. The van der Waals surface area contributed by atoms with Crippen LogP contribution in [0.5, 0.6) is 0 Å². The number of hydrogen-bond donors (Lipinski definition) is 1. The molecule has 2 heterocycles. The topological polar surface area (TPSA) is 52.1 Å². The Kier molecular flexibility index (Phi) is 6.78. The number of aromatic nitrogens is 2. The first-order valence-corrected chi connectivity index (χ1v) is 13.0. The number of benzene rings is 2. The van der Waals surface area contributed by atoms with E-state index in [0.29, 0.717) is 31.7 Å². The summed E-state index contributed by atoms with van der Waals surface area (Å²) in [5.74, 6) is 1.41. The van der Waals surface area contributed by atoms with Crippen LogP contribution in [0.3, 0.4) is 0 Å². The lowest BCUT2D eigenvalue weighted by molar-refractivity contribution is 0.353. The molecule has 0 saturated heterocycles. The van der Waals surface area contributed by atoms with Crippen LogP contribution in [0.4, 0.5) is 0 Å². The smallest absolute Gasteiger partial charge is 0.201 e. The lowest BCUT2D eigenvalue weighted by atomic mass is 9.87. The Morgan fingerprint density at radius 1 is 0.909 bits per heavy atom. The fraction of sp³-hybridized carbons (Fsp3) is 0.440. The van der Waals surface area contributed by atoms with Crippen molar-refractivity contribution in [3.63, 3.8) is 0 Å². The van der Waals surface area contributed by atoms with Gasteiger partial charge in [0.25, 0.3) is 0 Å². The number of nitrogens with zero attached hydrogens (tertiary/aromatic N) is 2. The maximum atomic E-state index is 6.58. The molecule has 1 atom stereocenters. The van der Waals surface area contributed by atoms with E-state index < -0.39 is 0 Å². The van der Waals surface area contributed by atoms with Gasteiger partial charge in [0, 0.05) is 16.1 Å². The minimum Gasteiger partial charge on any atom is -0.439 e. The highest BCUT2D eigenvalue weighted by molar-refractivity contribution is 8.00. The quantitative estimate of drug-likeness (QED) is 0.202. The first-order valence-electron chi connectivity index (χ1n) is 10.9. The maximum Gasteiger partial charge on any atom is 0.201 e. The summed E-state index contributed by atoms with van der Waals surface area (Å²) in [7, 11) is 0. The third-order valence-electron chi connectivity index (χ3n) is 5.66. The van der Waals surface area contributed by atoms with Crippen molar-refractivity contribution >= 4 is 69.8 Å². The highest BCUT2D eigenvalue weighted by Gasteiger charge is 2.29. The predicted octanol–water partition coefficient (Wildman–Crippen LogP) is 9.10. The number of thioether (sulfide) groups is 1. The van der Waals surface area contributed by atoms with E-state index in [2.05, 4.69) is 59.2 Å². The highest BCUT2D eigenvalue weighted by atomic mass is 35.5. The lowest BCUT2D eigenvalue weighted by Crippen LogP contribution is -2.19. The fourth-order valence-corrected chi connectivity index (χ4v) is 5.29. The van der Waals surface area contributed by atoms with Crippen molar-refractivity contribution in [3.05, 3.63) is 46.1 Å². The van der Waals surface area contributed by atoms with Crippen LogP contribution < -0.4 is 0 Å². The van der Waals surface area contributed by atoms with E-state index in [4.69, 9.17) is 37.0 Å². The zero-order chi connectivity index (χ0) is 24.1. The average Bonchev–Trinajstić information content (AvgIpc) is 3.37. The van der Waals surface area contributed by atoms with Gasteiger partial charge < -0.3 is 8.83 Å².